The molecule has 0 bridgehead atoms. The van der Waals surface area contributed by atoms with Crippen LogP contribution in [0.3, 0.4) is 0 Å². The second-order valence-corrected chi connectivity index (χ2v) is 15.1. The molecule has 3 fully saturated rings. The van der Waals surface area contributed by atoms with E-state index in [0.29, 0.717) is 18.0 Å². The molecule has 0 spiro atoms. The first kappa shape index (κ1) is 35.7. The number of likely N-dealkylation sites (tertiary alicyclic amines) is 1. The van der Waals surface area contributed by atoms with Crippen LogP contribution in [0.2, 0.25) is 0 Å². The van der Waals surface area contributed by atoms with E-state index in [4.69, 9.17) is 5.10 Å². The van der Waals surface area contributed by atoms with Crippen LogP contribution in [0.5, 0.6) is 0 Å². The lowest BCUT2D eigenvalue weighted by Crippen LogP contribution is -2.44. The predicted octanol–water partition coefficient (Wildman–Crippen LogP) is 5.78. The topological polar surface area (TPSA) is 136 Å². The third-order valence-electron chi connectivity index (χ3n) is 11.5. The van der Waals surface area contributed by atoms with Crippen molar-refractivity contribution in [3.8, 4) is 0 Å². The molecule has 2 aromatic carbocycles. The van der Waals surface area contributed by atoms with Crippen LogP contribution in [0.15, 0.2) is 53.5 Å². The number of alkyl halides is 3. The van der Waals surface area contributed by atoms with Crippen molar-refractivity contribution in [2.75, 3.05) is 25.0 Å². The van der Waals surface area contributed by atoms with E-state index in [0.717, 1.165) is 90.0 Å². The van der Waals surface area contributed by atoms with Crippen molar-refractivity contribution < 1.29 is 27.6 Å². The lowest BCUT2D eigenvalue weighted by molar-refractivity contribution is -0.141. The standard InChI is InChI=1S/C39H41F3N8O4/c1-21-7-8-30-35(47(3)38(54)50(30)31-9-10-33(51)45-37(31)53)34(21)24-11-13-48(14-12-24)19-23-16-26(17-23)49-20-25-18-28(22(2)15-29(25)46-49)44-36(52)27-5-4-6-32(43-27)39(40,41)42/h4-8,15,18,20,23-24,26,31H,9-14,16-17,19H2,1-3H3,(H,44,52)(H,45,51,53). The Kier molecular flexibility index (Phi) is 8.94. The van der Waals surface area contributed by atoms with Crippen LogP contribution in [0, 0.1) is 19.8 Å². The number of carbonyl (C=O) groups excluding carboxylic acids is 3. The van der Waals surface area contributed by atoms with Gasteiger partial charge in [-0.15, -0.1) is 0 Å². The molecule has 15 heteroatoms. The molecule has 1 saturated carbocycles. The number of imide groups is 1. The molecule has 1 atom stereocenters. The highest BCUT2D eigenvalue weighted by atomic mass is 19.4. The van der Waals surface area contributed by atoms with Crippen molar-refractivity contribution in [2.24, 2.45) is 13.0 Å². The van der Waals surface area contributed by atoms with Gasteiger partial charge in [0.15, 0.2) is 0 Å². The molecule has 2 aliphatic heterocycles. The van der Waals surface area contributed by atoms with E-state index in [1.807, 2.05) is 36.0 Å². The number of halogens is 3. The molecule has 1 unspecified atom stereocenters. The first-order valence-corrected chi connectivity index (χ1v) is 18.4. The summed E-state index contributed by atoms with van der Waals surface area (Å²) in [6, 6.07) is 10.4. The zero-order valence-corrected chi connectivity index (χ0v) is 30.2. The lowest BCUT2D eigenvalue weighted by atomic mass is 9.79. The van der Waals surface area contributed by atoms with Crippen LogP contribution < -0.4 is 16.3 Å². The highest BCUT2D eigenvalue weighted by molar-refractivity contribution is 6.04. The van der Waals surface area contributed by atoms with Gasteiger partial charge in [0.2, 0.25) is 11.8 Å². The highest BCUT2D eigenvalue weighted by Gasteiger charge is 2.36. The first-order chi connectivity index (χ1) is 25.7. The molecule has 54 heavy (non-hydrogen) atoms. The fourth-order valence-corrected chi connectivity index (χ4v) is 8.61. The second kappa shape index (κ2) is 13.5. The Balaban J connectivity index is 0.890. The molecular weight excluding hydrogens is 701 g/mol. The largest absolute Gasteiger partial charge is 0.433 e. The number of rotatable bonds is 7. The summed E-state index contributed by atoms with van der Waals surface area (Å²) in [6.45, 7) is 6.78. The van der Waals surface area contributed by atoms with E-state index in [1.54, 1.807) is 22.2 Å². The molecule has 3 aliphatic rings. The normalized spacial score (nSPS) is 21.4. The minimum Gasteiger partial charge on any atom is -0.320 e. The van der Waals surface area contributed by atoms with Crippen LogP contribution in [0.1, 0.15) is 89.4 Å². The zero-order chi connectivity index (χ0) is 38.1. The second-order valence-electron chi connectivity index (χ2n) is 15.1. The third kappa shape index (κ3) is 6.48. The summed E-state index contributed by atoms with van der Waals surface area (Å²) in [7, 11) is 1.76. The maximum absolute atomic E-state index is 13.5. The summed E-state index contributed by atoms with van der Waals surface area (Å²) in [6.07, 6.45) is 1.72. The third-order valence-corrected chi connectivity index (χ3v) is 11.5. The molecule has 8 rings (SSSR count). The number of benzene rings is 2. The Bertz CT molecular complexity index is 2380. The molecule has 2 saturated heterocycles. The van der Waals surface area contributed by atoms with Crippen molar-refractivity contribution in [3.63, 3.8) is 0 Å². The van der Waals surface area contributed by atoms with Gasteiger partial charge in [-0.25, -0.2) is 9.78 Å². The molecule has 3 amide bonds. The SMILES string of the molecule is Cc1cc2nn(C3CC(CN4CCC(c5c(C)ccc6c5n(C)c(=O)n6C5CCC(=O)NC5=O)CC4)C3)cc2cc1NC(=O)c1cccc(C(F)(F)F)n1. The molecule has 5 aromatic rings. The van der Waals surface area contributed by atoms with Crippen molar-refractivity contribution >= 4 is 45.3 Å². The Labute approximate surface area is 308 Å². The van der Waals surface area contributed by atoms with Crippen LogP contribution in [0.4, 0.5) is 18.9 Å². The molecule has 3 aromatic heterocycles. The van der Waals surface area contributed by atoms with E-state index < -0.39 is 29.7 Å². The van der Waals surface area contributed by atoms with Gasteiger partial charge in [-0.3, -0.25) is 33.5 Å². The minimum absolute atomic E-state index is 0.202. The molecule has 5 heterocycles. The minimum atomic E-state index is -4.65. The number of carbonyl (C=O) groups is 3. The number of hydrogen-bond donors (Lipinski definition) is 2. The van der Waals surface area contributed by atoms with Crippen molar-refractivity contribution in [2.45, 2.75) is 76.6 Å². The number of aromatic nitrogens is 5. The lowest BCUT2D eigenvalue weighted by Gasteiger charge is -2.41. The number of nitrogens with zero attached hydrogens (tertiary/aromatic N) is 6. The summed E-state index contributed by atoms with van der Waals surface area (Å²) in [5, 5.41) is 10.7. The maximum Gasteiger partial charge on any atom is 0.433 e. The number of fused-ring (bicyclic) bond motifs is 2. The summed E-state index contributed by atoms with van der Waals surface area (Å²) in [4.78, 5) is 56.9. The van der Waals surface area contributed by atoms with Crippen molar-refractivity contribution in [1.29, 1.82) is 0 Å². The van der Waals surface area contributed by atoms with Gasteiger partial charge in [0.1, 0.15) is 17.4 Å². The summed E-state index contributed by atoms with van der Waals surface area (Å²) < 4.78 is 44.6. The molecule has 1 aliphatic carbocycles. The zero-order valence-electron chi connectivity index (χ0n) is 30.2. The van der Waals surface area contributed by atoms with Gasteiger partial charge in [-0.2, -0.15) is 18.3 Å². The smallest absolute Gasteiger partial charge is 0.320 e. The van der Waals surface area contributed by atoms with Gasteiger partial charge < -0.3 is 10.2 Å². The van der Waals surface area contributed by atoms with E-state index in [2.05, 4.69) is 27.4 Å². The number of anilines is 1. The van der Waals surface area contributed by atoms with Crippen molar-refractivity contribution in [3.05, 3.63) is 87.2 Å². The fraction of sp³-hybridized carbons (Fsp3) is 0.436. The Hall–Kier alpha value is -5.31. The van der Waals surface area contributed by atoms with Gasteiger partial charge in [0.25, 0.3) is 5.91 Å². The predicted molar refractivity (Wildman–Crippen MR) is 195 cm³/mol. The van der Waals surface area contributed by atoms with Crippen molar-refractivity contribution in [1.82, 2.24) is 34.1 Å². The van der Waals surface area contributed by atoms with E-state index in [1.165, 1.54) is 12.1 Å². The van der Waals surface area contributed by atoms with E-state index in [-0.39, 0.29) is 35.7 Å². The quantitative estimate of drug-likeness (QED) is 0.202. The summed E-state index contributed by atoms with van der Waals surface area (Å²) in [5.74, 6) is -0.654. The number of imidazole rings is 1. The van der Waals surface area contributed by atoms with Crippen LogP contribution >= 0.6 is 0 Å². The van der Waals surface area contributed by atoms with Gasteiger partial charge in [0, 0.05) is 37.3 Å². The van der Waals surface area contributed by atoms with Gasteiger partial charge in [0.05, 0.1) is 22.6 Å². The number of hydrogen-bond acceptors (Lipinski definition) is 7. The highest BCUT2D eigenvalue weighted by Crippen LogP contribution is 2.41. The van der Waals surface area contributed by atoms with E-state index >= 15 is 0 Å². The monoisotopic (exact) mass is 742 g/mol. The molecule has 12 nitrogen and oxygen atoms in total. The fourth-order valence-electron chi connectivity index (χ4n) is 8.61. The Morgan fingerprint density at radius 1 is 1.00 bits per heavy atom. The summed E-state index contributed by atoms with van der Waals surface area (Å²) in [5.41, 5.74) is 4.22. The van der Waals surface area contributed by atoms with Crippen LogP contribution in [-0.4, -0.2) is 66.2 Å². The number of nitrogens with one attached hydrogen (secondary N) is 2. The van der Waals surface area contributed by atoms with Gasteiger partial charge >= 0.3 is 11.9 Å². The number of aryl methyl sites for hydroxylation is 3. The van der Waals surface area contributed by atoms with Crippen LogP contribution in [0.25, 0.3) is 21.9 Å². The molecule has 2 N–H and O–H groups in total. The van der Waals surface area contributed by atoms with Gasteiger partial charge in [-0.05, 0) is 118 Å². The number of piperidine rings is 2. The van der Waals surface area contributed by atoms with Gasteiger partial charge in [-0.1, -0.05) is 12.1 Å². The Morgan fingerprint density at radius 2 is 1.76 bits per heavy atom. The first-order valence-electron chi connectivity index (χ1n) is 18.4. The number of pyridine rings is 1. The Morgan fingerprint density at radius 3 is 2.48 bits per heavy atom. The number of amides is 3. The van der Waals surface area contributed by atoms with Crippen LogP contribution in [-0.2, 0) is 22.8 Å². The molecular formula is C39H41F3N8O4. The van der Waals surface area contributed by atoms with E-state index in [9.17, 15) is 32.3 Å². The maximum atomic E-state index is 13.5. The average Bonchev–Trinajstić information content (AvgIpc) is 3.63. The summed E-state index contributed by atoms with van der Waals surface area (Å²) >= 11 is 0. The average molecular weight is 743 g/mol. The molecule has 0 radical (unpaired) electrons. The molecule has 282 valence electrons.